The zero-order valence-corrected chi connectivity index (χ0v) is 16.6. The van der Waals surface area contributed by atoms with Crippen LogP contribution in [0.4, 0.5) is 5.69 Å². The maximum atomic E-state index is 13.1. The summed E-state index contributed by atoms with van der Waals surface area (Å²) in [6.45, 7) is -0.130. The number of carbonyl (C=O) groups is 1. The summed E-state index contributed by atoms with van der Waals surface area (Å²) < 4.78 is 2.37. The van der Waals surface area contributed by atoms with Crippen LogP contribution in [-0.2, 0) is 17.9 Å². The first-order valence-electron chi connectivity index (χ1n) is 8.69. The van der Waals surface area contributed by atoms with Crippen molar-refractivity contribution in [2.24, 2.45) is 0 Å². The summed E-state index contributed by atoms with van der Waals surface area (Å²) in [5, 5.41) is 5.15. The first kappa shape index (κ1) is 19.1. The molecule has 3 heterocycles. The van der Waals surface area contributed by atoms with Crippen LogP contribution in [0.5, 0.6) is 0 Å². The Morgan fingerprint density at radius 1 is 1.07 bits per heavy atom. The van der Waals surface area contributed by atoms with Crippen molar-refractivity contribution in [2.45, 2.75) is 13.1 Å². The maximum absolute atomic E-state index is 13.1. The van der Waals surface area contributed by atoms with E-state index in [0.717, 1.165) is 9.44 Å². The predicted molar refractivity (Wildman–Crippen MR) is 114 cm³/mol. The molecule has 0 atom stereocenters. The summed E-state index contributed by atoms with van der Waals surface area (Å²) in [6, 6.07) is 13.6. The lowest BCUT2D eigenvalue weighted by Gasteiger charge is -2.13. The highest BCUT2D eigenvalue weighted by molar-refractivity contribution is 7.09. The lowest BCUT2D eigenvalue weighted by molar-refractivity contribution is -0.116. The third-order valence-corrected chi connectivity index (χ3v) is 5.42. The van der Waals surface area contributed by atoms with Crippen molar-refractivity contribution in [3.63, 3.8) is 0 Å². The molecule has 0 bridgehead atoms. The highest BCUT2D eigenvalue weighted by Gasteiger charge is 2.16. The number of halogens is 1. The van der Waals surface area contributed by atoms with E-state index in [4.69, 9.17) is 11.6 Å². The molecule has 0 unspecified atom stereocenters. The summed E-state index contributed by atoms with van der Waals surface area (Å²) in [6.07, 6.45) is 1.49. The van der Waals surface area contributed by atoms with Gasteiger partial charge in [0.05, 0.1) is 12.1 Å². The second-order valence-corrected chi connectivity index (χ2v) is 7.73. The number of rotatable bonds is 5. The van der Waals surface area contributed by atoms with E-state index >= 15 is 0 Å². The van der Waals surface area contributed by atoms with Crippen LogP contribution in [0.3, 0.4) is 0 Å². The van der Waals surface area contributed by atoms with Gasteiger partial charge in [-0.1, -0.05) is 17.7 Å². The highest BCUT2D eigenvalue weighted by atomic mass is 35.5. The summed E-state index contributed by atoms with van der Waals surface area (Å²) in [4.78, 5) is 43.4. The molecule has 0 radical (unpaired) electrons. The Balaban J connectivity index is 1.74. The fraction of sp³-hybridized carbons (Fsp3) is 0.100. The van der Waals surface area contributed by atoms with Gasteiger partial charge in [-0.05, 0) is 47.8 Å². The molecule has 146 valence electrons. The number of fused-ring (bicyclic) bond motifs is 1. The van der Waals surface area contributed by atoms with Crippen LogP contribution in [0.25, 0.3) is 11.0 Å². The van der Waals surface area contributed by atoms with Gasteiger partial charge in [0.25, 0.3) is 5.56 Å². The quantitative estimate of drug-likeness (QED) is 0.531. The van der Waals surface area contributed by atoms with Gasteiger partial charge in [0.2, 0.25) is 5.91 Å². The van der Waals surface area contributed by atoms with Crippen LogP contribution in [0, 0.1) is 0 Å². The molecule has 0 aliphatic rings. The van der Waals surface area contributed by atoms with Gasteiger partial charge in [0.1, 0.15) is 6.54 Å². The Kier molecular flexibility index (Phi) is 5.28. The minimum Gasteiger partial charge on any atom is -0.325 e. The summed E-state index contributed by atoms with van der Waals surface area (Å²) in [5.41, 5.74) is -0.0237. The van der Waals surface area contributed by atoms with Gasteiger partial charge in [-0.3, -0.25) is 18.7 Å². The van der Waals surface area contributed by atoms with E-state index in [0.29, 0.717) is 16.2 Å². The van der Waals surface area contributed by atoms with Crippen LogP contribution in [0.1, 0.15) is 4.88 Å². The predicted octanol–water partition coefficient (Wildman–Crippen LogP) is 2.96. The molecular formula is C20H15ClN4O3S. The lowest BCUT2D eigenvalue weighted by atomic mass is 10.3. The van der Waals surface area contributed by atoms with Crippen LogP contribution < -0.4 is 16.6 Å². The molecule has 0 aliphatic carbocycles. The van der Waals surface area contributed by atoms with Crippen molar-refractivity contribution in [1.82, 2.24) is 14.1 Å². The van der Waals surface area contributed by atoms with Gasteiger partial charge in [0.15, 0.2) is 5.52 Å². The Morgan fingerprint density at radius 3 is 2.59 bits per heavy atom. The second-order valence-electron chi connectivity index (χ2n) is 6.27. The lowest BCUT2D eigenvalue weighted by Crippen LogP contribution is -2.42. The molecule has 0 fully saturated rings. The molecule has 0 spiro atoms. The molecular weight excluding hydrogens is 412 g/mol. The number of nitrogens with one attached hydrogen (secondary N) is 1. The minimum atomic E-state index is -0.560. The number of nitrogens with zero attached hydrogens (tertiary/aromatic N) is 3. The number of benzene rings is 1. The number of anilines is 1. The molecule has 0 aliphatic heterocycles. The average Bonchev–Trinajstić information content (AvgIpc) is 3.23. The number of aromatic nitrogens is 3. The van der Waals surface area contributed by atoms with Crippen molar-refractivity contribution in [2.75, 3.05) is 5.32 Å². The number of amides is 1. The van der Waals surface area contributed by atoms with Crippen molar-refractivity contribution in [1.29, 1.82) is 0 Å². The van der Waals surface area contributed by atoms with Gasteiger partial charge in [-0.15, -0.1) is 11.3 Å². The first-order valence-corrected chi connectivity index (χ1v) is 9.95. The molecule has 3 aromatic heterocycles. The molecule has 7 nitrogen and oxygen atoms in total. The van der Waals surface area contributed by atoms with E-state index in [9.17, 15) is 14.4 Å². The van der Waals surface area contributed by atoms with Gasteiger partial charge in [-0.2, -0.15) is 0 Å². The Bertz CT molecular complexity index is 1290. The highest BCUT2D eigenvalue weighted by Crippen LogP contribution is 2.14. The molecule has 9 heteroatoms. The van der Waals surface area contributed by atoms with E-state index in [2.05, 4.69) is 10.3 Å². The van der Waals surface area contributed by atoms with Crippen LogP contribution >= 0.6 is 22.9 Å². The van der Waals surface area contributed by atoms with Gasteiger partial charge >= 0.3 is 5.69 Å². The molecule has 0 saturated carbocycles. The van der Waals surface area contributed by atoms with E-state index in [1.807, 2.05) is 17.5 Å². The third-order valence-electron chi connectivity index (χ3n) is 4.31. The number of hydrogen-bond acceptors (Lipinski definition) is 5. The molecule has 29 heavy (non-hydrogen) atoms. The number of thiophene rings is 1. The van der Waals surface area contributed by atoms with Crippen LogP contribution in [0.2, 0.25) is 5.02 Å². The molecule has 1 amide bonds. The SMILES string of the molecule is O=C(Cn1c(=O)n(Cc2cccs2)c(=O)c2ncccc21)Nc1ccc(Cl)cc1. The molecule has 4 rings (SSSR count). The Labute approximate surface area is 173 Å². The van der Waals surface area contributed by atoms with Crippen molar-refractivity contribution >= 4 is 45.6 Å². The normalized spacial score (nSPS) is 10.9. The van der Waals surface area contributed by atoms with E-state index < -0.39 is 17.2 Å². The maximum Gasteiger partial charge on any atom is 0.332 e. The largest absolute Gasteiger partial charge is 0.332 e. The molecule has 1 N–H and O–H groups in total. The average molecular weight is 427 g/mol. The van der Waals surface area contributed by atoms with E-state index in [-0.39, 0.29) is 18.6 Å². The fourth-order valence-electron chi connectivity index (χ4n) is 2.97. The number of hydrogen-bond donors (Lipinski definition) is 1. The monoisotopic (exact) mass is 426 g/mol. The minimum absolute atomic E-state index is 0.126. The number of carbonyl (C=O) groups excluding carboxylic acids is 1. The van der Waals surface area contributed by atoms with E-state index in [1.165, 1.54) is 22.1 Å². The second kappa shape index (κ2) is 8.02. The Morgan fingerprint density at radius 2 is 1.86 bits per heavy atom. The fourth-order valence-corrected chi connectivity index (χ4v) is 3.79. The van der Waals surface area contributed by atoms with E-state index in [1.54, 1.807) is 36.4 Å². The van der Waals surface area contributed by atoms with Gasteiger partial charge < -0.3 is 5.32 Å². The van der Waals surface area contributed by atoms with Crippen LogP contribution in [-0.4, -0.2) is 20.0 Å². The summed E-state index contributed by atoms with van der Waals surface area (Å²) in [5.74, 6) is -0.402. The summed E-state index contributed by atoms with van der Waals surface area (Å²) >= 11 is 7.30. The van der Waals surface area contributed by atoms with Crippen molar-refractivity contribution in [3.8, 4) is 0 Å². The van der Waals surface area contributed by atoms with Crippen molar-refractivity contribution < 1.29 is 4.79 Å². The number of pyridine rings is 1. The zero-order valence-electron chi connectivity index (χ0n) is 15.0. The molecule has 0 saturated heterocycles. The van der Waals surface area contributed by atoms with Crippen LogP contribution in [0.15, 0.2) is 69.7 Å². The first-order chi connectivity index (χ1) is 14.0. The van der Waals surface area contributed by atoms with Gasteiger partial charge in [-0.25, -0.2) is 9.78 Å². The standard InChI is InChI=1S/C20H15ClN4O3S/c21-13-5-7-14(8-6-13)23-17(26)12-24-16-4-1-9-22-18(16)19(27)25(20(24)28)11-15-3-2-10-29-15/h1-10H,11-12H2,(H,23,26). The Hall–Kier alpha value is -3.23. The summed E-state index contributed by atoms with van der Waals surface area (Å²) in [7, 11) is 0. The third kappa shape index (κ3) is 3.98. The topological polar surface area (TPSA) is 86.0 Å². The van der Waals surface area contributed by atoms with Gasteiger partial charge in [0, 0.05) is 21.8 Å². The molecule has 4 aromatic rings. The smallest absolute Gasteiger partial charge is 0.325 e. The molecule has 1 aromatic carbocycles. The zero-order chi connectivity index (χ0) is 20.4. The van der Waals surface area contributed by atoms with Crippen molar-refractivity contribution in [3.05, 3.63) is 90.8 Å².